The van der Waals surface area contributed by atoms with E-state index in [1.54, 1.807) is 0 Å². The fourth-order valence-electron chi connectivity index (χ4n) is 2.87. The van der Waals surface area contributed by atoms with Crippen LogP contribution in [-0.2, 0) is 15.3 Å². The molecule has 2 rings (SSSR count). The van der Waals surface area contributed by atoms with Gasteiger partial charge in [-0.3, -0.25) is 0 Å². The van der Waals surface area contributed by atoms with E-state index in [0.717, 1.165) is 0 Å². The van der Waals surface area contributed by atoms with Gasteiger partial charge in [-0.2, -0.15) is 0 Å². The lowest BCUT2D eigenvalue weighted by Gasteiger charge is -2.27. The van der Waals surface area contributed by atoms with E-state index in [1.165, 1.54) is 11.1 Å². The van der Waals surface area contributed by atoms with E-state index in [9.17, 15) is 13.2 Å². The lowest BCUT2D eigenvalue weighted by atomic mass is 9.82. The van der Waals surface area contributed by atoms with Gasteiger partial charge in [0, 0.05) is 18.0 Å². The van der Waals surface area contributed by atoms with Crippen LogP contribution in [0.2, 0.25) is 0 Å². The molecule has 1 aliphatic rings. The lowest BCUT2D eigenvalue weighted by molar-refractivity contribution is 0.235. The van der Waals surface area contributed by atoms with Gasteiger partial charge in [-0.1, -0.05) is 38.1 Å². The maximum atomic E-state index is 12.0. The highest BCUT2D eigenvalue weighted by molar-refractivity contribution is 7.91. The molecule has 1 atom stereocenters. The predicted octanol–water partition coefficient (Wildman–Crippen LogP) is 1.76. The lowest BCUT2D eigenvalue weighted by Crippen LogP contribution is -2.46. The first kappa shape index (κ1) is 16.8. The van der Waals surface area contributed by atoms with Crippen molar-refractivity contribution in [2.75, 3.05) is 18.1 Å². The average molecular weight is 324 g/mol. The van der Waals surface area contributed by atoms with Crippen LogP contribution in [0.4, 0.5) is 4.79 Å². The summed E-state index contributed by atoms with van der Waals surface area (Å²) in [5.41, 5.74) is 2.19. The summed E-state index contributed by atoms with van der Waals surface area (Å²) in [5, 5.41) is 5.60. The second-order valence-corrected chi connectivity index (χ2v) is 8.85. The molecule has 0 saturated carbocycles. The Labute approximate surface area is 132 Å². The fourth-order valence-corrected chi connectivity index (χ4v) is 4.55. The average Bonchev–Trinajstić information content (AvgIpc) is 2.76. The van der Waals surface area contributed by atoms with Crippen molar-refractivity contribution < 1.29 is 13.2 Å². The number of aryl methyl sites for hydroxylation is 1. The number of carbonyl (C=O) groups excluding carboxylic acids is 1. The van der Waals surface area contributed by atoms with Crippen molar-refractivity contribution in [1.82, 2.24) is 10.6 Å². The van der Waals surface area contributed by atoms with Gasteiger partial charge in [0.15, 0.2) is 9.84 Å². The van der Waals surface area contributed by atoms with Crippen molar-refractivity contribution in [2.45, 2.75) is 38.6 Å². The molecule has 1 aromatic rings. The van der Waals surface area contributed by atoms with E-state index in [4.69, 9.17) is 0 Å². The molecule has 1 saturated heterocycles. The quantitative estimate of drug-likeness (QED) is 0.886. The molecule has 1 aliphatic heterocycles. The Morgan fingerprint density at radius 1 is 1.32 bits per heavy atom. The third-order valence-electron chi connectivity index (χ3n) is 4.13. The van der Waals surface area contributed by atoms with Crippen LogP contribution in [0.1, 0.15) is 31.4 Å². The Kier molecular flexibility index (Phi) is 4.80. The zero-order valence-corrected chi connectivity index (χ0v) is 14.2. The molecule has 0 bridgehead atoms. The number of nitrogens with one attached hydrogen (secondary N) is 2. The fraction of sp³-hybridized carbons (Fsp3) is 0.562. The van der Waals surface area contributed by atoms with E-state index < -0.39 is 9.84 Å². The van der Waals surface area contributed by atoms with Crippen molar-refractivity contribution in [2.24, 2.45) is 0 Å². The van der Waals surface area contributed by atoms with Gasteiger partial charge in [0.2, 0.25) is 0 Å². The van der Waals surface area contributed by atoms with Crippen LogP contribution < -0.4 is 10.6 Å². The number of urea groups is 1. The molecular weight excluding hydrogens is 300 g/mol. The molecule has 6 heteroatoms. The van der Waals surface area contributed by atoms with E-state index in [-0.39, 0.29) is 29.0 Å². The molecule has 0 unspecified atom stereocenters. The highest BCUT2D eigenvalue weighted by Gasteiger charge is 2.29. The third kappa shape index (κ3) is 4.22. The van der Waals surface area contributed by atoms with Crippen molar-refractivity contribution in [3.05, 3.63) is 35.4 Å². The monoisotopic (exact) mass is 324 g/mol. The van der Waals surface area contributed by atoms with E-state index >= 15 is 0 Å². The molecule has 2 amide bonds. The SMILES string of the molecule is Cc1ccccc1C(C)(C)CNC(=O)N[C@@H]1CCS(=O)(=O)C1. The second kappa shape index (κ2) is 6.28. The number of hydrogen-bond acceptors (Lipinski definition) is 3. The number of amides is 2. The summed E-state index contributed by atoms with van der Waals surface area (Å²) in [6.07, 6.45) is 0.497. The van der Waals surface area contributed by atoms with Gasteiger partial charge in [-0.05, 0) is 24.5 Å². The first-order valence-corrected chi connectivity index (χ1v) is 9.33. The molecule has 1 heterocycles. The number of benzene rings is 1. The molecule has 0 aromatic heterocycles. The Hall–Kier alpha value is -1.56. The van der Waals surface area contributed by atoms with Gasteiger partial charge >= 0.3 is 6.03 Å². The van der Waals surface area contributed by atoms with Gasteiger partial charge < -0.3 is 10.6 Å². The standard InChI is InChI=1S/C16H24N2O3S/c1-12-6-4-5-7-14(12)16(2,3)11-17-15(19)18-13-8-9-22(20,21)10-13/h4-7,13H,8-11H2,1-3H3,(H2,17,18,19)/t13-/m1/s1. The molecule has 0 radical (unpaired) electrons. The summed E-state index contributed by atoms with van der Waals surface area (Å²) >= 11 is 0. The van der Waals surface area contributed by atoms with Crippen LogP contribution in [0, 0.1) is 6.92 Å². The first-order chi connectivity index (χ1) is 10.2. The first-order valence-electron chi connectivity index (χ1n) is 7.50. The molecule has 0 spiro atoms. The Balaban J connectivity index is 1.89. The highest BCUT2D eigenvalue weighted by atomic mass is 32.2. The number of rotatable bonds is 4. The molecule has 22 heavy (non-hydrogen) atoms. The topological polar surface area (TPSA) is 75.3 Å². The Morgan fingerprint density at radius 2 is 2.00 bits per heavy atom. The maximum Gasteiger partial charge on any atom is 0.315 e. The second-order valence-electron chi connectivity index (χ2n) is 6.63. The molecule has 1 aromatic carbocycles. The smallest absolute Gasteiger partial charge is 0.315 e. The normalized spacial score (nSPS) is 20.6. The maximum absolute atomic E-state index is 12.0. The molecule has 122 valence electrons. The van der Waals surface area contributed by atoms with Crippen molar-refractivity contribution in [3.63, 3.8) is 0 Å². The van der Waals surface area contributed by atoms with Gasteiger partial charge in [0.05, 0.1) is 11.5 Å². The zero-order chi connectivity index (χ0) is 16.4. The van der Waals surface area contributed by atoms with E-state index in [0.29, 0.717) is 13.0 Å². The summed E-state index contributed by atoms with van der Waals surface area (Å²) in [7, 11) is -2.98. The molecule has 5 nitrogen and oxygen atoms in total. The Bertz CT molecular complexity index is 653. The van der Waals surface area contributed by atoms with Crippen molar-refractivity contribution in [3.8, 4) is 0 Å². The molecule has 0 aliphatic carbocycles. The highest BCUT2D eigenvalue weighted by Crippen LogP contribution is 2.25. The van der Waals surface area contributed by atoms with Crippen LogP contribution in [0.25, 0.3) is 0 Å². The third-order valence-corrected chi connectivity index (χ3v) is 5.90. The van der Waals surface area contributed by atoms with E-state index in [1.807, 2.05) is 12.1 Å². The van der Waals surface area contributed by atoms with Crippen LogP contribution in [0.3, 0.4) is 0 Å². The minimum atomic E-state index is -2.98. The summed E-state index contributed by atoms with van der Waals surface area (Å²) in [4.78, 5) is 12.0. The minimum Gasteiger partial charge on any atom is -0.337 e. The molecular formula is C16H24N2O3S. The number of hydrogen-bond donors (Lipinski definition) is 2. The minimum absolute atomic E-state index is 0.0433. The zero-order valence-electron chi connectivity index (χ0n) is 13.3. The van der Waals surface area contributed by atoms with Crippen LogP contribution >= 0.6 is 0 Å². The van der Waals surface area contributed by atoms with Crippen molar-refractivity contribution in [1.29, 1.82) is 0 Å². The van der Waals surface area contributed by atoms with Gasteiger partial charge in [-0.25, -0.2) is 13.2 Å². The Morgan fingerprint density at radius 3 is 2.59 bits per heavy atom. The summed E-state index contributed by atoms with van der Waals surface area (Å²) in [6.45, 7) is 6.70. The van der Waals surface area contributed by atoms with Crippen molar-refractivity contribution >= 4 is 15.9 Å². The summed E-state index contributed by atoms with van der Waals surface area (Å²) in [5.74, 6) is 0.203. The summed E-state index contributed by atoms with van der Waals surface area (Å²) < 4.78 is 22.8. The number of sulfone groups is 1. The summed E-state index contributed by atoms with van der Waals surface area (Å²) in [6, 6.07) is 7.54. The van der Waals surface area contributed by atoms with Gasteiger partial charge in [0.25, 0.3) is 0 Å². The predicted molar refractivity (Wildman–Crippen MR) is 87.8 cm³/mol. The van der Waals surface area contributed by atoms with Crippen LogP contribution in [0.5, 0.6) is 0 Å². The van der Waals surface area contributed by atoms with E-state index in [2.05, 4.69) is 43.5 Å². The molecule has 2 N–H and O–H groups in total. The van der Waals surface area contributed by atoms with Crippen LogP contribution in [-0.4, -0.2) is 38.5 Å². The number of carbonyl (C=O) groups is 1. The van der Waals surface area contributed by atoms with Gasteiger partial charge in [0.1, 0.15) is 0 Å². The van der Waals surface area contributed by atoms with Gasteiger partial charge in [-0.15, -0.1) is 0 Å². The van der Waals surface area contributed by atoms with Crippen LogP contribution in [0.15, 0.2) is 24.3 Å². The molecule has 1 fully saturated rings. The largest absolute Gasteiger partial charge is 0.337 e.